The highest BCUT2D eigenvalue weighted by Crippen LogP contribution is 2.21. The zero-order chi connectivity index (χ0) is 18.6. The molecule has 2 N–H and O–H groups in total. The van der Waals surface area contributed by atoms with E-state index in [2.05, 4.69) is 5.32 Å². The first-order chi connectivity index (χ1) is 11.8. The lowest BCUT2D eigenvalue weighted by Gasteiger charge is -2.38. The molecule has 146 valence electrons. The molecule has 1 fully saturated rings. The lowest BCUT2D eigenvalue weighted by Crippen LogP contribution is -2.50. The highest BCUT2D eigenvalue weighted by atomic mass is 35.5. The third-order valence-corrected chi connectivity index (χ3v) is 4.86. The van der Waals surface area contributed by atoms with Crippen molar-refractivity contribution in [3.8, 4) is 0 Å². The average Bonchev–Trinajstić information content (AvgIpc) is 2.57. The van der Waals surface area contributed by atoms with Gasteiger partial charge in [-0.3, -0.25) is 19.4 Å². The molecule has 1 aromatic carbocycles. The van der Waals surface area contributed by atoms with Crippen molar-refractivity contribution in [2.45, 2.75) is 31.8 Å². The van der Waals surface area contributed by atoms with E-state index in [1.165, 1.54) is 18.2 Å². The molecule has 9 heteroatoms. The zero-order valence-corrected chi connectivity index (χ0v) is 16.3. The van der Waals surface area contributed by atoms with E-state index in [4.69, 9.17) is 16.7 Å². The first-order valence-electron chi connectivity index (χ1n) is 8.20. The standard InChI is InChI=1S/C17H23ClFN3O3.ClH/c1-11(17(25)20-15-9-12(18)3-4-14(15)19)22-7-5-13(6-8-22)21(2)10-16(23)24;/h3-4,9,11,13H,5-8,10H2,1-2H3,(H,20,25)(H,23,24);1H. The maximum atomic E-state index is 13.7. The van der Waals surface area contributed by atoms with Crippen LogP contribution in [0.3, 0.4) is 0 Å². The second kappa shape index (κ2) is 10.1. The van der Waals surface area contributed by atoms with Gasteiger partial charge in [0.25, 0.3) is 0 Å². The molecule has 2 rings (SSSR count). The number of anilines is 1. The molecule has 1 amide bonds. The van der Waals surface area contributed by atoms with E-state index in [1.807, 2.05) is 9.80 Å². The fourth-order valence-electron chi connectivity index (χ4n) is 3.05. The average molecular weight is 408 g/mol. The van der Waals surface area contributed by atoms with E-state index >= 15 is 0 Å². The van der Waals surface area contributed by atoms with E-state index in [1.54, 1.807) is 14.0 Å². The molecule has 0 spiro atoms. The van der Waals surface area contributed by atoms with Gasteiger partial charge in [-0.2, -0.15) is 0 Å². The van der Waals surface area contributed by atoms with Gasteiger partial charge < -0.3 is 10.4 Å². The molecule has 0 aromatic heterocycles. The van der Waals surface area contributed by atoms with Crippen LogP contribution < -0.4 is 5.32 Å². The number of amides is 1. The molecule has 1 aromatic rings. The molecule has 1 unspecified atom stereocenters. The van der Waals surface area contributed by atoms with Crippen molar-refractivity contribution in [2.24, 2.45) is 0 Å². The lowest BCUT2D eigenvalue weighted by molar-refractivity contribution is -0.138. The number of nitrogens with one attached hydrogen (secondary N) is 1. The smallest absolute Gasteiger partial charge is 0.317 e. The van der Waals surface area contributed by atoms with Crippen LogP contribution in [0, 0.1) is 5.82 Å². The fraction of sp³-hybridized carbons (Fsp3) is 0.529. The molecule has 0 aliphatic carbocycles. The Hall–Kier alpha value is -1.41. The van der Waals surface area contributed by atoms with E-state index in [9.17, 15) is 14.0 Å². The van der Waals surface area contributed by atoms with Gasteiger partial charge in [-0.05, 0) is 45.0 Å². The van der Waals surface area contributed by atoms with Crippen LogP contribution in [0.2, 0.25) is 5.02 Å². The van der Waals surface area contributed by atoms with Crippen LogP contribution in [0.1, 0.15) is 19.8 Å². The van der Waals surface area contributed by atoms with Crippen molar-refractivity contribution in [2.75, 3.05) is 32.0 Å². The summed E-state index contributed by atoms with van der Waals surface area (Å²) >= 11 is 5.84. The van der Waals surface area contributed by atoms with Gasteiger partial charge in [0.05, 0.1) is 18.3 Å². The molecule has 0 radical (unpaired) electrons. The number of carbonyl (C=O) groups is 2. The van der Waals surface area contributed by atoms with Crippen LogP contribution in [0.4, 0.5) is 10.1 Å². The quantitative estimate of drug-likeness (QED) is 0.758. The number of carboxylic acids is 1. The van der Waals surface area contributed by atoms with Crippen LogP contribution in [-0.4, -0.2) is 65.5 Å². The Kier molecular flexibility index (Phi) is 8.76. The predicted octanol–water partition coefficient (Wildman–Crippen LogP) is 2.71. The Morgan fingerprint density at radius 3 is 2.62 bits per heavy atom. The van der Waals surface area contributed by atoms with E-state index in [0.29, 0.717) is 18.1 Å². The monoisotopic (exact) mass is 407 g/mol. The van der Waals surface area contributed by atoms with Gasteiger partial charge >= 0.3 is 5.97 Å². The van der Waals surface area contributed by atoms with Crippen molar-refractivity contribution in [3.63, 3.8) is 0 Å². The molecular weight excluding hydrogens is 384 g/mol. The van der Waals surface area contributed by atoms with Gasteiger partial charge in [0.1, 0.15) is 5.82 Å². The summed E-state index contributed by atoms with van der Waals surface area (Å²) < 4.78 is 13.7. The molecule has 0 saturated carbocycles. The summed E-state index contributed by atoms with van der Waals surface area (Å²) in [4.78, 5) is 27.0. The Balaban J connectivity index is 0.00000338. The van der Waals surface area contributed by atoms with Crippen molar-refractivity contribution in [3.05, 3.63) is 29.0 Å². The summed E-state index contributed by atoms with van der Waals surface area (Å²) in [5.74, 6) is -1.67. The molecular formula is C17H24Cl2FN3O3. The highest BCUT2D eigenvalue weighted by Gasteiger charge is 2.29. The van der Waals surface area contributed by atoms with Crippen LogP contribution in [0.15, 0.2) is 18.2 Å². The number of carboxylic acid groups (broad SMARTS) is 1. The predicted molar refractivity (Wildman–Crippen MR) is 102 cm³/mol. The number of aliphatic carboxylic acids is 1. The van der Waals surface area contributed by atoms with Crippen molar-refractivity contribution in [1.82, 2.24) is 9.80 Å². The van der Waals surface area contributed by atoms with Gasteiger partial charge in [0.2, 0.25) is 5.91 Å². The van der Waals surface area contributed by atoms with Crippen molar-refractivity contribution < 1.29 is 19.1 Å². The summed E-state index contributed by atoms with van der Waals surface area (Å²) in [6, 6.07) is 3.80. The Morgan fingerprint density at radius 2 is 2.04 bits per heavy atom. The number of nitrogens with zero attached hydrogens (tertiary/aromatic N) is 2. The van der Waals surface area contributed by atoms with Gasteiger partial charge in [0, 0.05) is 24.2 Å². The van der Waals surface area contributed by atoms with Gasteiger partial charge in [0.15, 0.2) is 0 Å². The van der Waals surface area contributed by atoms with Gasteiger partial charge in [-0.15, -0.1) is 12.4 Å². The minimum absolute atomic E-state index is 0. The molecule has 1 aliphatic heterocycles. The Morgan fingerprint density at radius 1 is 1.42 bits per heavy atom. The van der Waals surface area contributed by atoms with Crippen LogP contribution in [0.5, 0.6) is 0 Å². The van der Waals surface area contributed by atoms with Crippen LogP contribution in [-0.2, 0) is 9.59 Å². The number of carbonyl (C=O) groups excluding carboxylic acids is 1. The lowest BCUT2D eigenvalue weighted by atomic mass is 10.0. The molecule has 6 nitrogen and oxygen atoms in total. The molecule has 1 saturated heterocycles. The number of likely N-dealkylation sites (N-methyl/N-ethyl adjacent to an activating group) is 1. The first-order valence-corrected chi connectivity index (χ1v) is 8.57. The summed E-state index contributed by atoms with van der Waals surface area (Å²) in [5, 5.41) is 11.8. The Bertz CT molecular complexity index is 640. The van der Waals surface area contributed by atoms with Gasteiger partial charge in [-0.25, -0.2) is 4.39 Å². The zero-order valence-electron chi connectivity index (χ0n) is 14.7. The molecule has 26 heavy (non-hydrogen) atoms. The third-order valence-electron chi connectivity index (χ3n) is 4.62. The second-order valence-corrected chi connectivity index (χ2v) is 6.80. The maximum absolute atomic E-state index is 13.7. The van der Waals surface area contributed by atoms with E-state index in [0.717, 1.165) is 12.8 Å². The number of hydrogen-bond donors (Lipinski definition) is 2. The number of likely N-dealkylation sites (tertiary alicyclic amines) is 1. The molecule has 1 aliphatic rings. The van der Waals surface area contributed by atoms with Gasteiger partial charge in [-0.1, -0.05) is 11.6 Å². The SMILES string of the molecule is CC(C(=O)Nc1cc(Cl)ccc1F)N1CCC(N(C)CC(=O)O)CC1.Cl. The normalized spacial score (nSPS) is 16.8. The van der Waals surface area contributed by atoms with Crippen LogP contribution in [0.25, 0.3) is 0 Å². The number of hydrogen-bond acceptors (Lipinski definition) is 4. The topological polar surface area (TPSA) is 72.9 Å². The minimum atomic E-state index is -0.846. The second-order valence-electron chi connectivity index (χ2n) is 6.37. The summed E-state index contributed by atoms with van der Waals surface area (Å²) in [6.07, 6.45) is 1.57. The highest BCUT2D eigenvalue weighted by molar-refractivity contribution is 6.30. The van der Waals surface area contributed by atoms with Crippen molar-refractivity contribution in [1.29, 1.82) is 0 Å². The third kappa shape index (κ3) is 6.09. The maximum Gasteiger partial charge on any atom is 0.317 e. The summed E-state index contributed by atoms with van der Waals surface area (Å²) in [5.41, 5.74) is 0.0698. The summed E-state index contributed by atoms with van der Waals surface area (Å²) in [6.45, 7) is 3.15. The number of rotatable bonds is 6. The fourth-order valence-corrected chi connectivity index (χ4v) is 3.22. The summed E-state index contributed by atoms with van der Waals surface area (Å²) in [7, 11) is 1.80. The van der Waals surface area contributed by atoms with E-state index < -0.39 is 17.8 Å². The number of halogens is 3. The largest absolute Gasteiger partial charge is 0.480 e. The first kappa shape index (κ1) is 22.6. The van der Waals surface area contributed by atoms with Crippen molar-refractivity contribution >= 4 is 41.6 Å². The number of benzene rings is 1. The molecule has 0 bridgehead atoms. The Labute approximate surface area is 163 Å². The molecule has 1 atom stereocenters. The number of piperidine rings is 1. The van der Waals surface area contributed by atoms with E-state index in [-0.39, 0.29) is 36.6 Å². The van der Waals surface area contributed by atoms with Crippen LogP contribution >= 0.6 is 24.0 Å². The minimum Gasteiger partial charge on any atom is -0.480 e. The molecule has 1 heterocycles.